The second kappa shape index (κ2) is 5.37. The maximum absolute atomic E-state index is 11.2. The Kier molecular flexibility index (Phi) is 4.11. The molecule has 0 unspecified atom stereocenters. The van der Waals surface area contributed by atoms with Gasteiger partial charge in [-0.05, 0) is 30.5 Å². The van der Waals surface area contributed by atoms with Gasteiger partial charge >= 0.3 is 5.97 Å². The summed E-state index contributed by atoms with van der Waals surface area (Å²) in [5.74, 6) is -0.372. The maximum Gasteiger partial charge on any atom is 0.356 e. The minimum atomic E-state index is -0.372. The molecule has 0 saturated heterocycles. The second-order valence-electron chi connectivity index (χ2n) is 3.14. The first-order valence-corrected chi connectivity index (χ1v) is 4.81. The molecule has 0 radical (unpaired) electrons. The van der Waals surface area contributed by atoms with Crippen LogP contribution in [0, 0.1) is 0 Å². The number of pyridine rings is 1. The SMILES string of the molecule is CCCCc1ccnc(C(=O)OC)c1. The Hall–Kier alpha value is -1.38. The Bertz CT molecular complexity index is 310. The lowest BCUT2D eigenvalue weighted by atomic mass is 10.1. The van der Waals surface area contributed by atoms with Crippen LogP contribution in [0.3, 0.4) is 0 Å². The molecule has 1 heterocycles. The van der Waals surface area contributed by atoms with E-state index in [4.69, 9.17) is 0 Å². The molecule has 0 saturated carbocycles. The highest BCUT2D eigenvalue weighted by molar-refractivity contribution is 5.87. The zero-order chi connectivity index (χ0) is 10.4. The predicted octanol–water partition coefficient (Wildman–Crippen LogP) is 2.21. The van der Waals surface area contributed by atoms with E-state index in [1.807, 2.05) is 6.07 Å². The number of carbonyl (C=O) groups is 1. The Morgan fingerprint density at radius 3 is 3.00 bits per heavy atom. The van der Waals surface area contributed by atoms with E-state index in [-0.39, 0.29) is 5.97 Å². The van der Waals surface area contributed by atoms with Crippen LogP contribution < -0.4 is 0 Å². The largest absolute Gasteiger partial charge is 0.464 e. The van der Waals surface area contributed by atoms with Gasteiger partial charge in [-0.25, -0.2) is 9.78 Å². The van der Waals surface area contributed by atoms with Crippen molar-refractivity contribution < 1.29 is 9.53 Å². The van der Waals surface area contributed by atoms with Crippen molar-refractivity contribution in [1.29, 1.82) is 0 Å². The molecule has 0 spiro atoms. The molecule has 0 aromatic carbocycles. The van der Waals surface area contributed by atoms with Crippen molar-refractivity contribution in [2.75, 3.05) is 7.11 Å². The number of esters is 1. The van der Waals surface area contributed by atoms with E-state index in [0.717, 1.165) is 24.8 Å². The summed E-state index contributed by atoms with van der Waals surface area (Å²) in [5, 5.41) is 0. The molecule has 14 heavy (non-hydrogen) atoms. The van der Waals surface area contributed by atoms with Crippen LogP contribution in [-0.2, 0) is 11.2 Å². The Labute approximate surface area is 84.1 Å². The van der Waals surface area contributed by atoms with Crippen molar-refractivity contribution in [3.63, 3.8) is 0 Å². The van der Waals surface area contributed by atoms with Gasteiger partial charge < -0.3 is 4.74 Å². The summed E-state index contributed by atoms with van der Waals surface area (Å²) in [6.45, 7) is 2.14. The summed E-state index contributed by atoms with van der Waals surface area (Å²) in [5.41, 5.74) is 1.53. The first kappa shape index (κ1) is 10.7. The molecule has 3 heteroatoms. The molecule has 0 aliphatic carbocycles. The molecule has 0 amide bonds. The highest BCUT2D eigenvalue weighted by atomic mass is 16.5. The number of hydrogen-bond donors (Lipinski definition) is 0. The van der Waals surface area contributed by atoms with Gasteiger partial charge in [0.05, 0.1) is 7.11 Å². The highest BCUT2D eigenvalue weighted by Crippen LogP contribution is 2.06. The first-order chi connectivity index (χ1) is 6.77. The molecule has 0 bridgehead atoms. The third kappa shape index (κ3) is 2.83. The monoisotopic (exact) mass is 193 g/mol. The van der Waals surface area contributed by atoms with Crippen LogP contribution in [0.4, 0.5) is 0 Å². The summed E-state index contributed by atoms with van der Waals surface area (Å²) in [4.78, 5) is 15.1. The molecular formula is C11H15NO2. The third-order valence-electron chi connectivity index (χ3n) is 2.04. The van der Waals surface area contributed by atoms with Crippen molar-refractivity contribution in [3.05, 3.63) is 29.6 Å². The van der Waals surface area contributed by atoms with Crippen LogP contribution in [0.15, 0.2) is 18.3 Å². The minimum Gasteiger partial charge on any atom is -0.464 e. The van der Waals surface area contributed by atoms with Gasteiger partial charge in [0.1, 0.15) is 5.69 Å². The topological polar surface area (TPSA) is 39.2 Å². The van der Waals surface area contributed by atoms with Gasteiger partial charge in [0.15, 0.2) is 0 Å². The van der Waals surface area contributed by atoms with Crippen molar-refractivity contribution in [3.8, 4) is 0 Å². The summed E-state index contributed by atoms with van der Waals surface area (Å²) < 4.78 is 4.59. The molecular weight excluding hydrogens is 178 g/mol. The smallest absolute Gasteiger partial charge is 0.356 e. The van der Waals surface area contributed by atoms with Gasteiger partial charge in [0.2, 0.25) is 0 Å². The molecule has 1 aromatic rings. The normalized spacial score (nSPS) is 9.86. The zero-order valence-corrected chi connectivity index (χ0v) is 8.62. The molecule has 0 atom stereocenters. The number of aromatic nitrogens is 1. The highest BCUT2D eigenvalue weighted by Gasteiger charge is 2.06. The zero-order valence-electron chi connectivity index (χ0n) is 8.62. The van der Waals surface area contributed by atoms with Crippen molar-refractivity contribution >= 4 is 5.97 Å². The number of ether oxygens (including phenoxy) is 1. The van der Waals surface area contributed by atoms with Crippen molar-refractivity contribution in [1.82, 2.24) is 4.98 Å². The molecule has 1 rings (SSSR count). The summed E-state index contributed by atoms with van der Waals surface area (Å²) in [6.07, 6.45) is 4.92. The van der Waals surface area contributed by atoms with Crippen LogP contribution in [0.25, 0.3) is 0 Å². The Balaban J connectivity index is 2.73. The fourth-order valence-corrected chi connectivity index (χ4v) is 1.23. The van der Waals surface area contributed by atoms with E-state index < -0.39 is 0 Å². The van der Waals surface area contributed by atoms with E-state index in [1.54, 1.807) is 12.3 Å². The van der Waals surface area contributed by atoms with E-state index in [9.17, 15) is 4.79 Å². The van der Waals surface area contributed by atoms with Crippen LogP contribution in [-0.4, -0.2) is 18.1 Å². The number of aryl methyl sites for hydroxylation is 1. The van der Waals surface area contributed by atoms with Crippen LogP contribution in [0.5, 0.6) is 0 Å². The lowest BCUT2D eigenvalue weighted by molar-refractivity contribution is 0.0594. The number of carbonyl (C=O) groups excluding carboxylic acids is 1. The first-order valence-electron chi connectivity index (χ1n) is 4.81. The third-order valence-corrected chi connectivity index (χ3v) is 2.04. The number of nitrogens with zero attached hydrogens (tertiary/aromatic N) is 1. The van der Waals surface area contributed by atoms with Gasteiger partial charge in [-0.3, -0.25) is 0 Å². The van der Waals surface area contributed by atoms with E-state index in [1.165, 1.54) is 7.11 Å². The number of unbranched alkanes of at least 4 members (excludes halogenated alkanes) is 1. The average molecular weight is 193 g/mol. The van der Waals surface area contributed by atoms with Crippen LogP contribution in [0.1, 0.15) is 35.8 Å². The fraction of sp³-hybridized carbons (Fsp3) is 0.455. The van der Waals surface area contributed by atoms with Gasteiger partial charge in [0.25, 0.3) is 0 Å². The van der Waals surface area contributed by atoms with Crippen molar-refractivity contribution in [2.24, 2.45) is 0 Å². The molecule has 3 nitrogen and oxygen atoms in total. The van der Waals surface area contributed by atoms with Gasteiger partial charge in [-0.1, -0.05) is 13.3 Å². The van der Waals surface area contributed by atoms with E-state index in [2.05, 4.69) is 16.6 Å². The van der Waals surface area contributed by atoms with Crippen LogP contribution in [0.2, 0.25) is 0 Å². The minimum absolute atomic E-state index is 0.372. The molecule has 0 aliphatic heterocycles. The standard InChI is InChI=1S/C11H15NO2/c1-3-4-5-9-6-7-12-10(8-9)11(13)14-2/h6-8H,3-5H2,1-2H3. The molecule has 0 N–H and O–H groups in total. The quantitative estimate of drug-likeness (QED) is 0.688. The summed E-state index contributed by atoms with van der Waals surface area (Å²) >= 11 is 0. The van der Waals surface area contributed by atoms with Crippen molar-refractivity contribution in [2.45, 2.75) is 26.2 Å². The molecule has 0 aliphatic rings. The van der Waals surface area contributed by atoms with E-state index >= 15 is 0 Å². The second-order valence-corrected chi connectivity index (χ2v) is 3.14. The summed E-state index contributed by atoms with van der Waals surface area (Å²) in [6, 6.07) is 3.73. The fourth-order valence-electron chi connectivity index (χ4n) is 1.23. The molecule has 0 fully saturated rings. The Morgan fingerprint density at radius 1 is 1.57 bits per heavy atom. The number of methoxy groups -OCH3 is 1. The van der Waals surface area contributed by atoms with Gasteiger partial charge in [-0.15, -0.1) is 0 Å². The van der Waals surface area contributed by atoms with Crippen LogP contribution >= 0.6 is 0 Å². The lowest BCUT2D eigenvalue weighted by Crippen LogP contribution is -2.04. The number of hydrogen-bond acceptors (Lipinski definition) is 3. The van der Waals surface area contributed by atoms with Gasteiger partial charge in [0, 0.05) is 6.20 Å². The average Bonchev–Trinajstić information content (AvgIpc) is 2.25. The number of rotatable bonds is 4. The maximum atomic E-state index is 11.2. The lowest BCUT2D eigenvalue weighted by Gasteiger charge is -2.01. The molecule has 76 valence electrons. The summed E-state index contributed by atoms with van der Waals surface area (Å²) in [7, 11) is 1.36. The Morgan fingerprint density at radius 2 is 2.36 bits per heavy atom. The van der Waals surface area contributed by atoms with E-state index in [0.29, 0.717) is 5.69 Å². The predicted molar refractivity (Wildman–Crippen MR) is 54.2 cm³/mol. The van der Waals surface area contributed by atoms with Gasteiger partial charge in [-0.2, -0.15) is 0 Å². The molecule has 1 aromatic heterocycles.